The number of nitrogens with one attached hydrogen (secondary N) is 1. The van der Waals surface area contributed by atoms with Crippen molar-refractivity contribution >= 4 is 11.8 Å². The summed E-state index contributed by atoms with van der Waals surface area (Å²) >= 11 is 0. The molecule has 2 amide bonds. The second kappa shape index (κ2) is 7.78. The molecule has 1 aromatic heterocycles. The molecule has 1 saturated carbocycles. The third-order valence-electron chi connectivity index (χ3n) is 5.86. The van der Waals surface area contributed by atoms with E-state index in [1.165, 1.54) is 0 Å². The molecule has 2 aliphatic rings. The Hall–Kier alpha value is -2.63. The molecule has 1 N–H and O–H groups in total. The molecule has 1 aliphatic heterocycles. The van der Waals surface area contributed by atoms with Gasteiger partial charge in [0, 0.05) is 30.6 Å². The van der Waals surface area contributed by atoms with Crippen LogP contribution in [0.1, 0.15) is 73.4 Å². The molecule has 1 atom stereocenters. The number of nitrogens with zero attached hydrogens (tertiary/aromatic N) is 3. The average molecular weight is 380 g/mol. The number of hydrogen-bond acceptors (Lipinski definition) is 3. The first kappa shape index (κ1) is 18.7. The van der Waals surface area contributed by atoms with Crippen LogP contribution in [0, 0.1) is 0 Å². The quantitative estimate of drug-likeness (QED) is 0.885. The standard InChI is InChI=1S/C22H28N4O2/c1-15(2)26-14-23-18-12-13-25(22(28)16-8-4-3-5-9-16)20(19(18)26)21(27)24-17-10-6-7-11-17/h3-5,8-9,14-15,17,20H,6-7,10-13H2,1-2H3,(H,24,27). The summed E-state index contributed by atoms with van der Waals surface area (Å²) in [5, 5.41) is 3.21. The van der Waals surface area contributed by atoms with Crippen LogP contribution in [-0.4, -0.2) is 38.9 Å². The van der Waals surface area contributed by atoms with Crippen LogP contribution in [0.25, 0.3) is 0 Å². The van der Waals surface area contributed by atoms with Gasteiger partial charge < -0.3 is 14.8 Å². The molecule has 148 valence electrons. The number of aromatic nitrogens is 2. The number of hydrogen-bond donors (Lipinski definition) is 1. The Kier molecular flexibility index (Phi) is 5.20. The first-order chi connectivity index (χ1) is 13.6. The number of carbonyl (C=O) groups excluding carboxylic acids is 2. The van der Waals surface area contributed by atoms with Gasteiger partial charge in [0.1, 0.15) is 0 Å². The highest BCUT2D eigenvalue weighted by Gasteiger charge is 2.40. The average Bonchev–Trinajstić information content (AvgIpc) is 3.36. The van der Waals surface area contributed by atoms with E-state index in [1.54, 1.807) is 4.90 Å². The number of rotatable bonds is 4. The zero-order valence-electron chi connectivity index (χ0n) is 16.6. The highest BCUT2D eigenvalue weighted by atomic mass is 16.2. The van der Waals surface area contributed by atoms with Crippen molar-refractivity contribution in [2.75, 3.05) is 6.54 Å². The summed E-state index contributed by atoms with van der Waals surface area (Å²) in [6.45, 7) is 4.65. The molecular formula is C22H28N4O2. The van der Waals surface area contributed by atoms with Gasteiger partial charge in [-0.05, 0) is 38.8 Å². The molecule has 28 heavy (non-hydrogen) atoms. The fourth-order valence-electron chi connectivity index (χ4n) is 4.40. The van der Waals surface area contributed by atoms with Crippen molar-refractivity contribution in [3.8, 4) is 0 Å². The van der Waals surface area contributed by atoms with Gasteiger partial charge in [0.05, 0.1) is 17.7 Å². The van der Waals surface area contributed by atoms with Crippen LogP contribution in [0.3, 0.4) is 0 Å². The monoisotopic (exact) mass is 380 g/mol. The molecule has 0 bridgehead atoms. The first-order valence-corrected chi connectivity index (χ1v) is 10.3. The third kappa shape index (κ3) is 3.43. The van der Waals surface area contributed by atoms with E-state index in [1.807, 2.05) is 41.2 Å². The molecule has 2 heterocycles. The lowest BCUT2D eigenvalue weighted by Crippen LogP contribution is -2.49. The summed E-state index contributed by atoms with van der Waals surface area (Å²) in [5.41, 5.74) is 2.40. The Balaban J connectivity index is 1.71. The smallest absolute Gasteiger partial charge is 0.254 e. The van der Waals surface area contributed by atoms with Crippen molar-refractivity contribution in [2.45, 2.75) is 64.1 Å². The summed E-state index contributed by atoms with van der Waals surface area (Å²) in [7, 11) is 0. The summed E-state index contributed by atoms with van der Waals surface area (Å²) in [6.07, 6.45) is 6.81. The Labute approximate surface area is 165 Å². The minimum absolute atomic E-state index is 0.0838. The molecule has 4 rings (SSSR count). The molecule has 6 heteroatoms. The minimum Gasteiger partial charge on any atom is -0.351 e. The van der Waals surface area contributed by atoms with Gasteiger partial charge in [0.2, 0.25) is 5.91 Å². The molecular weight excluding hydrogens is 352 g/mol. The maximum absolute atomic E-state index is 13.4. The lowest BCUT2D eigenvalue weighted by Gasteiger charge is -2.36. The zero-order valence-corrected chi connectivity index (χ0v) is 16.6. The highest BCUT2D eigenvalue weighted by molar-refractivity contribution is 5.98. The van der Waals surface area contributed by atoms with Gasteiger partial charge in [0.15, 0.2) is 6.04 Å². The third-order valence-corrected chi connectivity index (χ3v) is 5.86. The van der Waals surface area contributed by atoms with Crippen molar-refractivity contribution in [3.63, 3.8) is 0 Å². The Morgan fingerprint density at radius 3 is 2.54 bits per heavy atom. The fourth-order valence-corrected chi connectivity index (χ4v) is 4.40. The van der Waals surface area contributed by atoms with Gasteiger partial charge in [-0.1, -0.05) is 31.0 Å². The Morgan fingerprint density at radius 2 is 1.86 bits per heavy atom. The summed E-state index contributed by atoms with van der Waals surface area (Å²) in [5.74, 6) is -0.186. The van der Waals surface area contributed by atoms with Crippen LogP contribution >= 0.6 is 0 Å². The highest BCUT2D eigenvalue weighted by Crippen LogP contribution is 2.33. The van der Waals surface area contributed by atoms with Gasteiger partial charge in [0.25, 0.3) is 5.91 Å². The predicted octanol–water partition coefficient (Wildman–Crippen LogP) is 3.26. The van der Waals surface area contributed by atoms with E-state index in [2.05, 4.69) is 24.1 Å². The number of fused-ring (bicyclic) bond motifs is 1. The minimum atomic E-state index is -0.637. The maximum Gasteiger partial charge on any atom is 0.254 e. The number of amides is 2. The van der Waals surface area contributed by atoms with Crippen molar-refractivity contribution in [1.82, 2.24) is 19.8 Å². The molecule has 1 aromatic carbocycles. The molecule has 1 aliphatic carbocycles. The lowest BCUT2D eigenvalue weighted by atomic mass is 9.99. The normalized spacial score (nSPS) is 19.7. The fraction of sp³-hybridized carbons (Fsp3) is 0.500. The van der Waals surface area contributed by atoms with Crippen LogP contribution < -0.4 is 5.32 Å². The van der Waals surface area contributed by atoms with E-state index in [-0.39, 0.29) is 23.9 Å². The van der Waals surface area contributed by atoms with Crippen LogP contribution in [0.2, 0.25) is 0 Å². The van der Waals surface area contributed by atoms with E-state index in [0.717, 1.165) is 37.1 Å². The predicted molar refractivity (Wildman–Crippen MR) is 107 cm³/mol. The van der Waals surface area contributed by atoms with Crippen LogP contribution in [0.15, 0.2) is 36.7 Å². The maximum atomic E-state index is 13.4. The SMILES string of the molecule is CC(C)n1cnc2c1C(C(=O)NC1CCCC1)N(C(=O)c1ccccc1)CC2. The van der Waals surface area contributed by atoms with Gasteiger partial charge in [-0.15, -0.1) is 0 Å². The van der Waals surface area contributed by atoms with Crippen LogP contribution in [-0.2, 0) is 11.2 Å². The number of benzene rings is 1. The van der Waals surface area contributed by atoms with Crippen molar-refractivity contribution < 1.29 is 9.59 Å². The molecule has 1 fully saturated rings. The van der Waals surface area contributed by atoms with Gasteiger partial charge in [-0.25, -0.2) is 4.98 Å². The van der Waals surface area contributed by atoms with Crippen molar-refractivity contribution in [1.29, 1.82) is 0 Å². The van der Waals surface area contributed by atoms with Gasteiger partial charge in [-0.3, -0.25) is 9.59 Å². The number of imidazole rings is 1. The van der Waals surface area contributed by atoms with E-state index >= 15 is 0 Å². The molecule has 1 unspecified atom stereocenters. The molecule has 0 radical (unpaired) electrons. The first-order valence-electron chi connectivity index (χ1n) is 10.3. The lowest BCUT2D eigenvalue weighted by molar-refractivity contribution is -0.127. The van der Waals surface area contributed by atoms with E-state index in [0.29, 0.717) is 18.5 Å². The Morgan fingerprint density at radius 1 is 1.14 bits per heavy atom. The van der Waals surface area contributed by atoms with Crippen molar-refractivity contribution in [2.24, 2.45) is 0 Å². The summed E-state index contributed by atoms with van der Waals surface area (Å²) < 4.78 is 2.04. The summed E-state index contributed by atoms with van der Waals surface area (Å²) in [6, 6.07) is 8.97. The van der Waals surface area contributed by atoms with E-state index < -0.39 is 6.04 Å². The van der Waals surface area contributed by atoms with E-state index in [4.69, 9.17) is 0 Å². The van der Waals surface area contributed by atoms with Gasteiger partial charge >= 0.3 is 0 Å². The molecule has 0 spiro atoms. The molecule has 6 nitrogen and oxygen atoms in total. The van der Waals surface area contributed by atoms with E-state index in [9.17, 15) is 9.59 Å². The number of carbonyl (C=O) groups is 2. The Bertz CT molecular complexity index is 853. The van der Waals surface area contributed by atoms with Crippen LogP contribution in [0.4, 0.5) is 0 Å². The summed E-state index contributed by atoms with van der Waals surface area (Å²) in [4.78, 5) is 32.9. The molecule has 0 saturated heterocycles. The van der Waals surface area contributed by atoms with Crippen LogP contribution in [0.5, 0.6) is 0 Å². The molecule has 2 aromatic rings. The second-order valence-electron chi connectivity index (χ2n) is 8.08. The largest absolute Gasteiger partial charge is 0.351 e. The van der Waals surface area contributed by atoms with Crippen molar-refractivity contribution in [3.05, 3.63) is 53.6 Å². The zero-order chi connectivity index (χ0) is 19.7. The topological polar surface area (TPSA) is 67.2 Å². The van der Waals surface area contributed by atoms with Gasteiger partial charge in [-0.2, -0.15) is 0 Å². The second-order valence-corrected chi connectivity index (χ2v) is 8.08.